The van der Waals surface area contributed by atoms with Crippen LogP contribution in [0.3, 0.4) is 0 Å². The predicted octanol–water partition coefficient (Wildman–Crippen LogP) is 0.629. The number of aliphatic hydroxyl groups excluding tert-OH is 1. The van der Waals surface area contributed by atoms with E-state index < -0.39 is 12.1 Å². The first-order valence-corrected chi connectivity index (χ1v) is 4.81. The van der Waals surface area contributed by atoms with E-state index in [4.69, 9.17) is 4.74 Å². The molecular weight excluding hydrogens is 212 g/mol. The van der Waals surface area contributed by atoms with Crippen molar-refractivity contribution in [1.29, 1.82) is 0 Å². The molecule has 0 aliphatic carbocycles. The number of aliphatic hydroxyl groups is 1. The van der Waals surface area contributed by atoms with Crippen LogP contribution in [-0.4, -0.2) is 23.3 Å². The van der Waals surface area contributed by atoms with Crippen LogP contribution in [0.5, 0.6) is 5.75 Å². The zero-order valence-electron chi connectivity index (χ0n) is 8.77. The number of carbonyl (C=O) groups excluding carboxylic acids is 1. The molecule has 2 N–H and O–H groups in total. The van der Waals surface area contributed by atoms with Crippen molar-refractivity contribution in [3.63, 3.8) is 0 Å². The number of esters is 1. The number of aromatic hydroxyl groups is 1. The molecule has 86 valence electrons. The zero-order valence-corrected chi connectivity index (χ0v) is 8.77. The second kappa shape index (κ2) is 4.11. The van der Waals surface area contributed by atoms with E-state index in [0.717, 1.165) is 11.1 Å². The quantitative estimate of drug-likeness (QED) is 0.720. The van der Waals surface area contributed by atoms with E-state index in [2.05, 4.69) is 4.74 Å². The van der Waals surface area contributed by atoms with E-state index in [9.17, 15) is 15.0 Å². The van der Waals surface area contributed by atoms with Gasteiger partial charge in [0.1, 0.15) is 5.75 Å². The van der Waals surface area contributed by atoms with Crippen LogP contribution >= 0.6 is 0 Å². The van der Waals surface area contributed by atoms with Gasteiger partial charge in [0.2, 0.25) is 0 Å². The number of fused-ring (bicyclic) bond motifs is 1. The monoisotopic (exact) mass is 224 g/mol. The van der Waals surface area contributed by atoms with Gasteiger partial charge in [0.25, 0.3) is 0 Å². The van der Waals surface area contributed by atoms with Gasteiger partial charge in [-0.25, -0.2) is 4.79 Å². The highest BCUT2D eigenvalue weighted by Crippen LogP contribution is 2.32. The minimum absolute atomic E-state index is 0.123. The van der Waals surface area contributed by atoms with Crippen molar-refractivity contribution in [2.75, 3.05) is 7.11 Å². The molecule has 16 heavy (non-hydrogen) atoms. The molecule has 0 aromatic heterocycles. The first kappa shape index (κ1) is 10.9. The van der Waals surface area contributed by atoms with Crippen LogP contribution in [0.15, 0.2) is 12.1 Å². The SMILES string of the molecule is COC(=O)C(O)c1cc2c(cc1O)COC2. The molecule has 0 bridgehead atoms. The molecular formula is C11H12O5. The van der Waals surface area contributed by atoms with Gasteiger partial charge in [-0.2, -0.15) is 0 Å². The van der Waals surface area contributed by atoms with E-state index in [1.165, 1.54) is 13.2 Å². The van der Waals surface area contributed by atoms with Gasteiger partial charge < -0.3 is 19.7 Å². The Hall–Kier alpha value is -1.59. The van der Waals surface area contributed by atoms with Crippen molar-refractivity contribution >= 4 is 5.97 Å². The lowest BCUT2D eigenvalue weighted by Gasteiger charge is -2.11. The van der Waals surface area contributed by atoms with E-state index >= 15 is 0 Å². The Bertz CT molecular complexity index is 427. The van der Waals surface area contributed by atoms with Crippen molar-refractivity contribution in [1.82, 2.24) is 0 Å². The van der Waals surface area contributed by atoms with Crippen molar-refractivity contribution in [2.45, 2.75) is 19.3 Å². The summed E-state index contributed by atoms with van der Waals surface area (Å²) in [5.74, 6) is -0.920. The van der Waals surface area contributed by atoms with E-state index in [-0.39, 0.29) is 11.3 Å². The summed E-state index contributed by atoms with van der Waals surface area (Å²) in [7, 11) is 1.18. The number of hydrogen-bond donors (Lipinski definition) is 2. The molecule has 0 spiro atoms. The van der Waals surface area contributed by atoms with Gasteiger partial charge in [-0.3, -0.25) is 0 Å². The highest BCUT2D eigenvalue weighted by Gasteiger charge is 2.24. The molecule has 1 aromatic carbocycles. The van der Waals surface area contributed by atoms with E-state index in [0.29, 0.717) is 13.2 Å². The summed E-state index contributed by atoms with van der Waals surface area (Å²) >= 11 is 0. The van der Waals surface area contributed by atoms with Crippen molar-refractivity contribution in [3.05, 3.63) is 28.8 Å². The van der Waals surface area contributed by atoms with Crippen LogP contribution in [0.1, 0.15) is 22.8 Å². The molecule has 2 rings (SSSR count). The summed E-state index contributed by atoms with van der Waals surface area (Å²) in [6.07, 6.45) is -1.46. The fraction of sp³-hybridized carbons (Fsp3) is 0.364. The largest absolute Gasteiger partial charge is 0.508 e. The third-order valence-electron chi connectivity index (χ3n) is 2.58. The van der Waals surface area contributed by atoms with Gasteiger partial charge in [0.15, 0.2) is 6.10 Å². The van der Waals surface area contributed by atoms with Crippen LogP contribution in [0.25, 0.3) is 0 Å². The topological polar surface area (TPSA) is 76.0 Å². The standard InChI is InChI=1S/C11H12O5/c1-15-11(14)10(13)8-2-6-4-16-5-7(6)3-9(8)12/h2-3,10,12-13H,4-5H2,1H3. The van der Waals surface area contributed by atoms with Gasteiger partial charge in [-0.1, -0.05) is 0 Å². The maximum Gasteiger partial charge on any atom is 0.339 e. The van der Waals surface area contributed by atoms with E-state index in [1.54, 1.807) is 6.07 Å². The first-order valence-electron chi connectivity index (χ1n) is 4.81. The average molecular weight is 224 g/mol. The summed E-state index contributed by atoms with van der Waals surface area (Å²) in [4.78, 5) is 11.2. The summed E-state index contributed by atoms with van der Waals surface area (Å²) in [5, 5.41) is 19.3. The molecule has 0 amide bonds. The third kappa shape index (κ3) is 1.75. The zero-order chi connectivity index (χ0) is 11.7. The molecule has 0 saturated heterocycles. The van der Waals surface area contributed by atoms with Gasteiger partial charge in [-0.15, -0.1) is 0 Å². The fourth-order valence-electron chi connectivity index (χ4n) is 1.69. The lowest BCUT2D eigenvalue weighted by atomic mass is 10.0. The fourth-order valence-corrected chi connectivity index (χ4v) is 1.69. The number of benzene rings is 1. The first-order chi connectivity index (χ1) is 7.63. The Morgan fingerprint density at radius 1 is 1.44 bits per heavy atom. The minimum Gasteiger partial charge on any atom is -0.508 e. The van der Waals surface area contributed by atoms with E-state index in [1.807, 2.05) is 0 Å². The average Bonchev–Trinajstić information content (AvgIpc) is 2.72. The summed E-state index contributed by atoms with van der Waals surface area (Å²) < 4.78 is 9.59. The Balaban J connectivity index is 2.38. The number of phenols is 1. The molecule has 5 nitrogen and oxygen atoms in total. The molecule has 0 radical (unpaired) electrons. The molecule has 1 atom stereocenters. The van der Waals surface area contributed by atoms with Gasteiger partial charge in [0, 0.05) is 5.56 Å². The van der Waals surface area contributed by atoms with Gasteiger partial charge >= 0.3 is 5.97 Å². The summed E-state index contributed by atoms with van der Waals surface area (Å²) in [6, 6.07) is 3.07. The molecule has 1 aliphatic heterocycles. The summed E-state index contributed by atoms with van der Waals surface area (Å²) in [5.41, 5.74) is 1.89. The van der Waals surface area contributed by atoms with Gasteiger partial charge in [0.05, 0.1) is 20.3 Å². The number of methoxy groups -OCH3 is 1. The lowest BCUT2D eigenvalue weighted by molar-refractivity contribution is -0.150. The second-order valence-corrected chi connectivity index (χ2v) is 3.60. The van der Waals surface area contributed by atoms with Crippen LogP contribution in [-0.2, 0) is 27.5 Å². The predicted molar refractivity (Wildman–Crippen MR) is 53.6 cm³/mol. The number of ether oxygens (including phenoxy) is 2. The number of hydrogen-bond acceptors (Lipinski definition) is 5. The van der Waals surface area contributed by atoms with Crippen molar-refractivity contribution in [3.8, 4) is 5.75 Å². The Kier molecular flexibility index (Phi) is 2.80. The number of phenolic OH excluding ortho intramolecular Hbond substituents is 1. The third-order valence-corrected chi connectivity index (χ3v) is 2.58. The lowest BCUT2D eigenvalue weighted by Crippen LogP contribution is -2.14. The number of rotatable bonds is 2. The highest BCUT2D eigenvalue weighted by molar-refractivity contribution is 5.77. The Morgan fingerprint density at radius 2 is 2.06 bits per heavy atom. The molecule has 0 saturated carbocycles. The number of carbonyl (C=O) groups is 1. The van der Waals surface area contributed by atoms with Crippen LogP contribution < -0.4 is 0 Å². The summed E-state index contributed by atoms with van der Waals surface area (Å²) in [6.45, 7) is 0.869. The van der Waals surface area contributed by atoms with Crippen molar-refractivity contribution in [2.24, 2.45) is 0 Å². The molecule has 1 unspecified atom stereocenters. The maximum absolute atomic E-state index is 11.2. The molecule has 1 heterocycles. The molecule has 5 heteroatoms. The highest BCUT2D eigenvalue weighted by atomic mass is 16.5. The molecule has 1 aromatic rings. The Labute approximate surface area is 92.2 Å². The Morgan fingerprint density at radius 3 is 2.69 bits per heavy atom. The van der Waals surface area contributed by atoms with Crippen LogP contribution in [0.2, 0.25) is 0 Å². The molecule has 0 fully saturated rings. The normalized spacial score (nSPS) is 15.6. The second-order valence-electron chi connectivity index (χ2n) is 3.60. The molecule has 1 aliphatic rings. The minimum atomic E-state index is -1.46. The van der Waals surface area contributed by atoms with Crippen molar-refractivity contribution < 1.29 is 24.5 Å². The van der Waals surface area contributed by atoms with Crippen LogP contribution in [0, 0.1) is 0 Å². The van der Waals surface area contributed by atoms with Gasteiger partial charge in [-0.05, 0) is 23.3 Å². The smallest absolute Gasteiger partial charge is 0.339 e. The maximum atomic E-state index is 11.2. The van der Waals surface area contributed by atoms with Crippen LogP contribution in [0.4, 0.5) is 0 Å².